The van der Waals surface area contributed by atoms with Crippen LogP contribution in [0.3, 0.4) is 0 Å². The van der Waals surface area contributed by atoms with E-state index >= 15 is 0 Å². The number of fused-ring (bicyclic) bond motifs is 1. The summed E-state index contributed by atoms with van der Waals surface area (Å²) in [5, 5.41) is 0. The van der Waals surface area contributed by atoms with E-state index in [-0.39, 0.29) is 5.41 Å². The summed E-state index contributed by atoms with van der Waals surface area (Å²) >= 11 is 0. The summed E-state index contributed by atoms with van der Waals surface area (Å²) in [5.41, 5.74) is 8.62. The zero-order valence-electron chi connectivity index (χ0n) is 13.6. The molecule has 0 heterocycles. The van der Waals surface area contributed by atoms with Crippen LogP contribution in [0, 0.1) is 6.92 Å². The van der Waals surface area contributed by atoms with Crippen LogP contribution in [-0.4, -0.2) is 0 Å². The van der Waals surface area contributed by atoms with Crippen molar-refractivity contribution < 1.29 is 0 Å². The summed E-state index contributed by atoms with van der Waals surface area (Å²) in [6.07, 6.45) is 1.97. The minimum atomic E-state index is -0.0535. The minimum Gasteiger partial charge on any atom is -0.0984 e. The third-order valence-electron chi connectivity index (χ3n) is 4.69. The smallest absolute Gasteiger partial charge is 0.0164 e. The van der Waals surface area contributed by atoms with Gasteiger partial charge in [0.1, 0.15) is 0 Å². The lowest BCUT2D eigenvalue weighted by atomic mass is 9.78. The van der Waals surface area contributed by atoms with Crippen LogP contribution in [0.25, 0.3) is 11.1 Å². The summed E-state index contributed by atoms with van der Waals surface area (Å²) in [7, 11) is 0. The predicted octanol–water partition coefficient (Wildman–Crippen LogP) is 5.94. The summed E-state index contributed by atoms with van der Waals surface area (Å²) in [6.45, 7) is 15.1. The van der Waals surface area contributed by atoms with Crippen molar-refractivity contribution in [2.75, 3.05) is 0 Å². The maximum Gasteiger partial charge on any atom is 0.0164 e. The van der Waals surface area contributed by atoms with Crippen molar-refractivity contribution in [3.63, 3.8) is 0 Å². The second-order valence-corrected chi connectivity index (χ2v) is 6.51. The van der Waals surface area contributed by atoms with E-state index in [0.29, 0.717) is 0 Å². The van der Waals surface area contributed by atoms with Crippen LogP contribution in [0.4, 0.5) is 0 Å². The van der Waals surface area contributed by atoms with Crippen LogP contribution < -0.4 is 0 Å². The Morgan fingerprint density at radius 2 is 1.64 bits per heavy atom. The Hall–Kier alpha value is -2.34. The van der Waals surface area contributed by atoms with Crippen molar-refractivity contribution in [3.8, 4) is 0 Å². The number of allylic oxidation sites excluding steroid dienone is 4. The molecule has 0 fully saturated rings. The van der Waals surface area contributed by atoms with Gasteiger partial charge in [-0.3, -0.25) is 0 Å². The molecule has 0 N–H and O–H groups in total. The molecule has 110 valence electrons. The average molecular weight is 286 g/mol. The number of aryl methyl sites for hydroxylation is 1. The lowest BCUT2D eigenvalue weighted by Gasteiger charge is -2.24. The fourth-order valence-corrected chi connectivity index (χ4v) is 3.53. The lowest BCUT2D eigenvalue weighted by molar-refractivity contribution is 0.663. The van der Waals surface area contributed by atoms with Crippen LogP contribution in [-0.2, 0) is 5.41 Å². The number of hydrogen-bond acceptors (Lipinski definition) is 0. The van der Waals surface area contributed by atoms with E-state index in [2.05, 4.69) is 82.5 Å². The first-order valence-electron chi connectivity index (χ1n) is 7.70. The Bertz CT molecular complexity index is 783. The van der Waals surface area contributed by atoms with Gasteiger partial charge in [0, 0.05) is 5.41 Å². The highest BCUT2D eigenvalue weighted by atomic mass is 14.4. The molecular formula is C22H22. The van der Waals surface area contributed by atoms with Gasteiger partial charge < -0.3 is 0 Å². The van der Waals surface area contributed by atoms with Gasteiger partial charge in [-0.25, -0.2) is 0 Å². The predicted molar refractivity (Wildman–Crippen MR) is 96.8 cm³/mol. The highest BCUT2D eigenvalue weighted by Crippen LogP contribution is 2.51. The quantitative estimate of drug-likeness (QED) is 0.641. The van der Waals surface area contributed by atoms with Gasteiger partial charge in [0.2, 0.25) is 0 Å². The van der Waals surface area contributed by atoms with Crippen molar-refractivity contribution in [2.45, 2.75) is 26.2 Å². The van der Waals surface area contributed by atoms with E-state index in [0.717, 1.165) is 5.57 Å². The Balaban J connectivity index is 2.27. The first-order valence-corrected chi connectivity index (χ1v) is 7.70. The molecule has 1 aliphatic rings. The molecular weight excluding hydrogens is 264 g/mol. The maximum absolute atomic E-state index is 4.38. The van der Waals surface area contributed by atoms with E-state index in [4.69, 9.17) is 0 Å². The normalized spacial score (nSPS) is 18.0. The summed E-state index contributed by atoms with van der Waals surface area (Å²) in [4.78, 5) is 0. The minimum absolute atomic E-state index is 0.0535. The lowest BCUT2D eigenvalue weighted by Crippen LogP contribution is -2.16. The van der Waals surface area contributed by atoms with E-state index in [9.17, 15) is 0 Å². The molecule has 0 aromatic heterocycles. The van der Waals surface area contributed by atoms with Crippen LogP contribution >= 0.6 is 0 Å². The van der Waals surface area contributed by atoms with E-state index in [1.807, 2.05) is 6.08 Å². The van der Waals surface area contributed by atoms with Crippen molar-refractivity contribution in [1.82, 2.24) is 0 Å². The molecule has 0 atom stereocenters. The standard InChI is InChI=1S/C22H22/c1-6-18(17-13-11-15(2)12-14-17)21-16(3)19-9-7-8-10-20(19)22(21,4)5/h6-14H,1,3H2,2,4-5H3/b21-18-. The summed E-state index contributed by atoms with van der Waals surface area (Å²) in [5.74, 6) is 0. The summed E-state index contributed by atoms with van der Waals surface area (Å²) in [6, 6.07) is 17.2. The molecule has 2 aromatic carbocycles. The fraction of sp³-hybridized carbons (Fsp3) is 0.182. The Morgan fingerprint density at radius 1 is 1.00 bits per heavy atom. The summed E-state index contributed by atoms with van der Waals surface area (Å²) < 4.78 is 0. The first kappa shape index (κ1) is 14.6. The zero-order chi connectivity index (χ0) is 15.9. The van der Waals surface area contributed by atoms with Gasteiger partial charge in [0.25, 0.3) is 0 Å². The highest BCUT2D eigenvalue weighted by molar-refractivity contribution is 5.98. The molecule has 0 bridgehead atoms. The van der Waals surface area contributed by atoms with Crippen molar-refractivity contribution >= 4 is 11.1 Å². The van der Waals surface area contributed by atoms with Crippen LogP contribution in [0.1, 0.15) is 36.1 Å². The molecule has 0 saturated carbocycles. The van der Waals surface area contributed by atoms with Crippen LogP contribution in [0.2, 0.25) is 0 Å². The molecule has 0 nitrogen and oxygen atoms in total. The molecule has 1 aliphatic carbocycles. The molecule has 0 spiro atoms. The molecule has 0 aliphatic heterocycles. The molecule has 3 rings (SSSR count). The molecule has 2 aromatic rings. The highest BCUT2D eigenvalue weighted by Gasteiger charge is 2.38. The number of hydrogen-bond donors (Lipinski definition) is 0. The maximum atomic E-state index is 4.38. The monoisotopic (exact) mass is 286 g/mol. The van der Waals surface area contributed by atoms with Gasteiger partial charge in [0.05, 0.1) is 0 Å². The largest absolute Gasteiger partial charge is 0.0984 e. The Labute approximate surface area is 133 Å². The molecule has 22 heavy (non-hydrogen) atoms. The Morgan fingerprint density at radius 3 is 2.23 bits per heavy atom. The van der Waals surface area contributed by atoms with Gasteiger partial charge in [0.15, 0.2) is 0 Å². The van der Waals surface area contributed by atoms with E-state index in [1.165, 1.54) is 33.4 Å². The van der Waals surface area contributed by atoms with E-state index < -0.39 is 0 Å². The fourth-order valence-electron chi connectivity index (χ4n) is 3.53. The second kappa shape index (κ2) is 5.14. The van der Waals surface area contributed by atoms with Crippen LogP contribution in [0.5, 0.6) is 0 Å². The van der Waals surface area contributed by atoms with Crippen molar-refractivity contribution in [2.24, 2.45) is 0 Å². The van der Waals surface area contributed by atoms with Crippen molar-refractivity contribution in [1.29, 1.82) is 0 Å². The molecule has 0 heteroatoms. The molecule has 0 radical (unpaired) electrons. The topological polar surface area (TPSA) is 0 Å². The van der Waals surface area contributed by atoms with Crippen LogP contribution in [0.15, 0.2) is 73.3 Å². The molecule has 0 amide bonds. The number of benzene rings is 2. The van der Waals surface area contributed by atoms with Gasteiger partial charge >= 0.3 is 0 Å². The second-order valence-electron chi connectivity index (χ2n) is 6.51. The third kappa shape index (κ3) is 2.07. The first-order chi connectivity index (χ1) is 10.5. The van der Waals surface area contributed by atoms with Gasteiger partial charge in [-0.1, -0.05) is 87.2 Å². The van der Waals surface area contributed by atoms with Gasteiger partial charge in [-0.2, -0.15) is 0 Å². The van der Waals surface area contributed by atoms with Gasteiger partial charge in [-0.05, 0) is 40.3 Å². The Kier molecular flexibility index (Phi) is 3.41. The van der Waals surface area contributed by atoms with E-state index in [1.54, 1.807) is 0 Å². The van der Waals surface area contributed by atoms with Gasteiger partial charge in [-0.15, -0.1) is 0 Å². The van der Waals surface area contributed by atoms with Crippen molar-refractivity contribution in [3.05, 3.63) is 95.6 Å². The number of rotatable bonds is 2. The molecule has 0 saturated heterocycles. The third-order valence-corrected chi connectivity index (χ3v) is 4.69. The molecule has 0 unspecified atom stereocenters. The average Bonchev–Trinajstić information content (AvgIpc) is 2.71. The SMILES string of the molecule is C=C/C(=C1\C(=C)c2ccccc2C1(C)C)c1ccc(C)cc1. The zero-order valence-corrected chi connectivity index (χ0v) is 13.6.